The predicted molar refractivity (Wildman–Crippen MR) is 95.5 cm³/mol. The van der Waals surface area contributed by atoms with E-state index >= 15 is 0 Å². The second kappa shape index (κ2) is 7.78. The van der Waals surface area contributed by atoms with Gasteiger partial charge in [0.05, 0.1) is 0 Å². The minimum Gasteiger partial charge on any atom is -0.381 e. The number of likely N-dealkylation sites (tertiary alicyclic amines) is 1. The Balaban J connectivity index is 1.44. The molecule has 0 unspecified atom stereocenters. The summed E-state index contributed by atoms with van der Waals surface area (Å²) in [5.74, 6) is 0. The molecule has 0 aromatic heterocycles. The Kier molecular flexibility index (Phi) is 5.73. The molecule has 0 saturated carbocycles. The molecule has 2 heterocycles. The summed E-state index contributed by atoms with van der Waals surface area (Å²) in [6.07, 6.45) is 5.03. The first-order valence-corrected chi connectivity index (χ1v) is 9.19. The normalized spacial score (nSPS) is 23.3. The molecule has 0 atom stereocenters. The number of piperidine rings is 1. The smallest absolute Gasteiger partial charge is 0.0471 e. The lowest BCUT2D eigenvalue weighted by Crippen LogP contribution is -2.47. The third-order valence-corrected chi connectivity index (χ3v) is 5.76. The molecule has 0 amide bonds. The maximum atomic E-state index is 5.54. The van der Waals surface area contributed by atoms with E-state index in [-0.39, 0.29) is 0 Å². The Labute approximate surface area is 141 Å². The molecular weight excluding hydrogens is 284 g/mol. The van der Waals surface area contributed by atoms with E-state index in [9.17, 15) is 0 Å². The second-order valence-corrected chi connectivity index (χ2v) is 7.83. The van der Waals surface area contributed by atoms with E-state index in [1.165, 1.54) is 50.9 Å². The average molecular weight is 316 g/mol. The molecular formula is C20H32N2O. The van der Waals surface area contributed by atoms with Crippen LogP contribution in [0.2, 0.25) is 0 Å². The third-order valence-electron chi connectivity index (χ3n) is 5.76. The van der Waals surface area contributed by atoms with Crippen LogP contribution in [0.5, 0.6) is 0 Å². The topological polar surface area (TPSA) is 15.7 Å². The molecule has 1 aromatic carbocycles. The summed E-state index contributed by atoms with van der Waals surface area (Å²) < 4.78 is 5.54. The fourth-order valence-corrected chi connectivity index (χ4v) is 4.11. The Bertz CT molecular complexity index is 462. The SMILES string of the molecule is CN(CC1(C)CCOCC1)C1CCN(Cc2ccccc2)CC1. The van der Waals surface area contributed by atoms with Crippen molar-refractivity contribution in [1.82, 2.24) is 9.80 Å². The molecule has 2 aliphatic rings. The molecule has 3 nitrogen and oxygen atoms in total. The minimum absolute atomic E-state index is 0.453. The monoisotopic (exact) mass is 316 g/mol. The second-order valence-electron chi connectivity index (χ2n) is 7.83. The van der Waals surface area contributed by atoms with Crippen molar-refractivity contribution in [2.24, 2.45) is 5.41 Å². The van der Waals surface area contributed by atoms with Crippen LogP contribution in [0.3, 0.4) is 0 Å². The molecule has 1 aromatic rings. The largest absolute Gasteiger partial charge is 0.381 e. The summed E-state index contributed by atoms with van der Waals surface area (Å²) in [4.78, 5) is 5.24. The van der Waals surface area contributed by atoms with Crippen LogP contribution in [0.25, 0.3) is 0 Å². The fraction of sp³-hybridized carbons (Fsp3) is 0.700. The minimum atomic E-state index is 0.453. The average Bonchev–Trinajstić information content (AvgIpc) is 2.57. The first kappa shape index (κ1) is 16.9. The van der Waals surface area contributed by atoms with Crippen LogP contribution in [-0.4, -0.2) is 55.7 Å². The summed E-state index contributed by atoms with van der Waals surface area (Å²) in [6.45, 7) is 9.11. The van der Waals surface area contributed by atoms with Crippen LogP contribution >= 0.6 is 0 Å². The molecule has 2 aliphatic heterocycles. The van der Waals surface area contributed by atoms with Crippen LogP contribution in [0.15, 0.2) is 30.3 Å². The summed E-state index contributed by atoms with van der Waals surface area (Å²) in [6, 6.07) is 11.6. The number of hydrogen-bond donors (Lipinski definition) is 0. The maximum Gasteiger partial charge on any atom is 0.0471 e. The molecule has 2 saturated heterocycles. The molecule has 0 radical (unpaired) electrons. The van der Waals surface area contributed by atoms with Crippen LogP contribution in [0, 0.1) is 5.41 Å². The van der Waals surface area contributed by atoms with Crippen LogP contribution in [-0.2, 0) is 11.3 Å². The van der Waals surface area contributed by atoms with Crippen molar-refractivity contribution in [2.75, 3.05) is 39.9 Å². The molecule has 128 valence electrons. The van der Waals surface area contributed by atoms with E-state index in [0.29, 0.717) is 5.41 Å². The van der Waals surface area contributed by atoms with Gasteiger partial charge in [0.2, 0.25) is 0 Å². The highest BCUT2D eigenvalue weighted by atomic mass is 16.5. The standard InChI is InChI=1S/C20H32N2O/c1-20(10-14-23-15-11-20)17-21(2)19-8-12-22(13-9-19)16-18-6-4-3-5-7-18/h3-7,19H,8-17H2,1-2H3. The molecule has 23 heavy (non-hydrogen) atoms. The van der Waals surface area contributed by atoms with Gasteiger partial charge < -0.3 is 9.64 Å². The fourth-order valence-electron chi connectivity index (χ4n) is 4.11. The van der Waals surface area contributed by atoms with E-state index in [4.69, 9.17) is 4.74 Å². The van der Waals surface area contributed by atoms with Gasteiger partial charge in [0.1, 0.15) is 0 Å². The molecule has 3 heteroatoms. The summed E-state index contributed by atoms with van der Waals surface area (Å²) in [7, 11) is 2.33. The Morgan fingerprint density at radius 2 is 1.78 bits per heavy atom. The van der Waals surface area contributed by atoms with Gasteiger partial charge in [-0.05, 0) is 56.8 Å². The van der Waals surface area contributed by atoms with Crippen molar-refractivity contribution in [3.63, 3.8) is 0 Å². The van der Waals surface area contributed by atoms with Crippen LogP contribution < -0.4 is 0 Å². The van der Waals surface area contributed by atoms with Gasteiger partial charge in [-0.2, -0.15) is 0 Å². The van der Waals surface area contributed by atoms with Crippen molar-refractivity contribution < 1.29 is 4.74 Å². The lowest BCUT2D eigenvalue weighted by atomic mass is 9.81. The number of hydrogen-bond acceptors (Lipinski definition) is 3. The summed E-state index contributed by atoms with van der Waals surface area (Å²) in [5, 5.41) is 0. The van der Waals surface area contributed by atoms with Crippen molar-refractivity contribution in [3.05, 3.63) is 35.9 Å². The van der Waals surface area contributed by atoms with Gasteiger partial charge in [0, 0.05) is 32.3 Å². The molecule has 3 rings (SSSR count). The first-order chi connectivity index (χ1) is 11.1. The number of nitrogens with zero attached hydrogens (tertiary/aromatic N) is 2. The highest BCUT2D eigenvalue weighted by molar-refractivity contribution is 5.14. The summed E-state index contributed by atoms with van der Waals surface area (Å²) in [5.41, 5.74) is 1.89. The van der Waals surface area contributed by atoms with Crippen molar-refractivity contribution in [3.8, 4) is 0 Å². The number of ether oxygens (including phenoxy) is 1. The van der Waals surface area contributed by atoms with Gasteiger partial charge in [0.15, 0.2) is 0 Å². The van der Waals surface area contributed by atoms with E-state index in [1.807, 2.05) is 0 Å². The molecule has 0 bridgehead atoms. The third kappa shape index (κ3) is 4.79. The van der Waals surface area contributed by atoms with Gasteiger partial charge in [-0.15, -0.1) is 0 Å². The van der Waals surface area contributed by atoms with E-state index < -0.39 is 0 Å². The van der Waals surface area contributed by atoms with Crippen LogP contribution in [0.4, 0.5) is 0 Å². The zero-order chi connectivity index (χ0) is 16.1. The zero-order valence-corrected chi connectivity index (χ0v) is 14.8. The Hall–Kier alpha value is -0.900. The first-order valence-electron chi connectivity index (χ1n) is 9.19. The Morgan fingerprint density at radius 3 is 2.43 bits per heavy atom. The predicted octanol–water partition coefficient (Wildman–Crippen LogP) is 3.40. The van der Waals surface area contributed by atoms with E-state index in [2.05, 4.69) is 54.1 Å². The molecule has 0 N–H and O–H groups in total. The Morgan fingerprint density at radius 1 is 1.13 bits per heavy atom. The lowest BCUT2D eigenvalue weighted by Gasteiger charge is -2.42. The lowest BCUT2D eigenvalue weighted by molar-refractivity contribution is -0.00308. The van der Waals surface area contributed by atoms with Gasteiger partial charge in [-0.1, -0.05) is 37.3 Å². The highest BCUT2D eigenvalue weighted by Gasteiger charge is 2.31. The van der Waals surface area contributed by atoms with Crippen LogP contribution in [0.1, 0.15) is 38.2 Å². The van der Waals surface area contributed by atoms with Gasteiger partial charge in [-0.3, -0.25) is 4.90 Å². The van der Waals surface area contributed by atoms with Crippen molar-refractivity contribution >= 4 is 0 Å². The maximum absolute atomic E-state index is 5.54. The van der Waals surface area contributed by atoms with Gasteiger partial charge in [0.25, 0.3) is 0 Å². The number of rotatable bonds is 5. The molecule has 0 spiro atoms. The van der Waals surface area contributed by atoms with Gasteiger partial charge in [-0.25, -0.2) is 0 Å². The zero-order valence-electron chi connectivity index (χ0n) is 14.8. The van der Waals surface area contributed by atoms with Gasteiger partial charge >= 0.3 is 0 Å². The summed E-state index contributed by atoms with van der Waals surface area (Å²) >= 11 is 0. The quantitative estimate of drug-likeness (QED) is 0.828. The molecule has 2 fully saturated rings. The van der Waals surface area contributed by atoms with E-state index in [1.54, 1.807) is 0 Å². The molecule has 0 aliphatic carbocycles. The number of benzene rings is 1. The van der Waals surface area contributed by atoms with Crippen molar-refractivity contribution in [1.29, 1.82) is 0 Å². The highest BCUT2D eigenvalue weighted by Crippen LogP contribution is 2.32. The van der Waals surface area contributed by atoms with E-state index in [0.717, 1.165) is 25.8 Å². The van der Waals surface area contributed by atoms with Crippen molar-refractivity contribution in [2.45, 2.75) is 45.2 Å².